The zero-order chi connectivity index (χ0) is 20.9. The van der Waals surface area contributed by atoms with E-state index in [2.05, 4.69) is 14.9 Å². The highest BCUT2D eigenvalue weighted by Gasteiger charge is 2.63. The molecule has 3 aliphatic rings. The van der Waals surface area contributed by atoms with E-state index in [0.29, 0.717) is 43.4 Å². The fraction of sp³-hybridized carbons (Fsp3) is 0.550. The summed E-state index contributed by atoms with van der Waals surface area (Å²) in [5.41, 5.74) is 0.166. The van der Waals surface area contributed by atoms with Crippen molar-refractivity contribution in [2.75, 3.05) is 51.9 Å². The summed E-state index contributed by atoms with van der Waals surface area (Å²) >= 11 is 1.51. The topological polar surface area (TPSA) is 97.3 Å². The maximum absolute atomic E-state index is 13.0. The van der Waals surface area contributed by atoms with Gasteiger partial charge in [-0.1, -0.05) is 0 Å². The SMILES string of the molecule is COc1cc(N2C[C@H]3O[C@@]4(CN(C(=O)c5ccsc5)C[C@@H]4[C@@H]3CO)C2)nc(OC)n1. The Bertz CT molecular complexity index is 919. The van der Waals surface area contributed by atoms with E-state index in [9.17, 15) is 9.90 Å². The zero-order valence-electron chi connectivity index (χ0n) is 16.9. The summed E-state index contributed by atoms with van der Waals surface area (Å²) in [7, 11) is 3.07. The second-order valence-corrected chi connectivity index (χ2v) is 8.79. The van der Waals surface area contributed by atoms with Crippen molar-refractivity contribution >= 4 is 23.1 Å². The molecule has 2 bridgehead atoms. The van der Waals surface area contributed by atoms with Gasteiger partial charge in [-0.05, 0) is 11.4 Å². The molecule has 2 aromatic heterocycles. The maximum atomic E-state index is 13.0. The van der Waals surface area contributed by atoms with Gasteiger partial charge in [0.25, 0.3) is 5.91 Å². The lowest BCUT2D eigenvalue weighted by Gasteiger charge is -2.41. The molecule has 1 spiro atoms. The normalized spacial score (nSPS) is 29.8. The predicted octanol–water partition coefficient (Wildman–Crippen LogP) is 0.894. The van der Waals surface area contributed by atoms with Crippen molar-refractivity contribution in [3.8, 4) is 11.9 Å². The number of amides is 1. The van der Waals surface area contributed by atoms with Crippen LogP contribution < -0.4 is 14.4 Å². The average molecular weight is 433 g/mol. The van der Waals surface area contributed by atoms with Gasteiger partial charge in [-0.3, -0.25) is 4.79 Å². The van der Waals surface area contributed by atoms with Gasteiger partial charge >= 0.3 is 6.01 Å². The van der Waals surface area contributed by atoms with E-state index in [1.807, 2.05) is 21.7 Å². The van der Waals surface area contributed by atoms with Crippen molar-refractivity contribution in [2.24, 2.45) is 11.8 Å². The summed E-state index contributed by atoms with van der Waals surface area (Å²) in [6, 6.07) is 3.85. The molecule has 0 aliphatic carbocycles. The van der Waals surface area contributed by atoms with Crippen molar-refractivity contribution < 1.29 is 24.1 Å². The number of fused-ring (bicyclic) bond motifs is 1. The molecule has 30 heavy (non-hydrogen) atoms. The summed E-state index contributed by atoms with van der Waals surface area (Å²) in [6.07, 6.45) is -0.126. The quantitative estimate of drug-likeness (QED) is 0.744. The largest absolute Gasteiger partial charge is 0.481 e. The van der Waals surface area contributed by atoms with E-state index in [1.54, 1.807) is 13.2 Å². The van der Waals surface area contributed by atoms with E-state index in [1.165, 1.54) is 18.4 Å². The second-order valence-electron chi connectivity index (χ2n) is 8.01. The fourth-order valence-corrected chi connectivity index (χ4v) is 5.71. The third-order valence-corrected chi connectivity index (χ3v) is 7.12. The van der Waals surface area contributed by atoms with Gasteiger partial charge in [-0.2, -0.15) is 21.3 Å². The number of aromatic nitrogens is 2. The van der Waals surface area contributed by atoms with Gasteiger partial charge in [0.15, 0.2) is 0 Å². The molecule has 3 saturated heterocycles. The highest BCUT2D eigenvalue weighted by molar-refractivity contribution is 7.08. The number of rotatable bonds is 5. The first kappa shape index (κ1) is 19.5. The van der Waals surface area contributed by atoms with Gasteiger partial charge in [0, 0.05) is 43.0 Å². The van der Waals surface area contributed by atoms with Crippen molar-refractivity contribution in [3.63, 3.8) is 0 Å². The van der Waals surface area contributed by atoms with Crippen LogP contribution in [0.2, 0.25) is 0 Å². The number of carbonyl (C=O) groups excluding carboxylic acids is 1. The molecular formula is C20H24N4O5S. The Balaban J connectivity index is 1.45. The molecule has 0 radical (unpaired) electrons. The maximum Gasteiger partial charge on any atom is 0.321 e. The van der Waals surface area contributed by atoms with E-state index < -0.39 is 5.60 Å². The van der Waals surface area contributed by atoms with Crippen molar-refractivity contribution in [2.45, 2.75) is 11.7 Å². The van der Waals surface area contributed by atoms with Gasteiger partial charge in [0.1, 0.15) is 11.4 Å². The lowest BCUT2D eigenvalue weighted by Crippen LogP contribution is -2.54. The van der Waals surface area contributed by atoms with Crippen LogP contribution in [0.5, 0.6) is 11.9 Å². The molecule has 2 aromatic rings. The number of hydrogen-bond acceptors (Lipinski definition) is 9. The predicted molar refractivity (Wildman–Crippen MR) is 109 cm³/mol. The van der Waals surface area contributed by atoms with E-state index in [0.717, 1.165) is 0 Å². The Hall–Kier alpha value is -2.43. The number of hydrogen-bond donors (Lipinski definition) is 1. The number of likely N-dealkylation sites (tertiary alicyclic amines) is 1. The molecule has 1 N–H and O–H groups in total. The Morgan fingerprint density at radius 2 is 2.20 bits per heavy atom. The molecule has 1 amide bonds. The molecular weight excluding hydrogens is 408 g/mol. The van der Waals surface area contributed by atoms with Gasteiger partial charge in [0.05, 0.1) is 39.0 Å². The second kappa shape index (κ2) is 7.36. The minimum atomic E-state index is -0.534. The summed E-state index contributed by atoms with van der Waals surface area (Å²) in [4.78, 5) is 25.6. The molecule has 0 saturated carbocycles. The van der Waals surface area contributed by atoms with E-state index >= 15 is 0 Å². The van der Waals surface area contributed by atoms with E-state index in [-0.39, 0.29) is 36.5 Å². The van der Waals surface area contributed by atoms with Crippen LogP contribution in [-0.4, -0.2) is 84.6 Å². The Kier molecular flexibility index (Phi) is 4.79. The molecule has 5 heterocycles. The van der Waals surface area contributed by atoms with Crippen molar-refractivity contribution in [1.29, 1.82) is 0 Å². The van der Waals surface area contributed by atoms with Gasteiger partial charge in [-0.15, -0.1) is 0 Å². The number of nitrogens with zero attached hydrogens (tertiary/aromatic N) is 4. The summed E-state index contributed by atoms with van der Waals surface area (Å²) in [5, 5.41) is 13.9. The van der Waals surface area contributed by atoms with Crippen LogP contribution in [0.1, 0.15) is 10.4 Å². The van der Waals surface area contributed by atoms with Crippen LogP contribution in [0, 0.1) is 11.8 Å². The van der Waals surface area contributed by atoms with E-state index in [4.69, 9.17) is 14.2 Å². The first-order valence-corrected chi connectivity index (χ1v) is 10.8. The Morgan fingerprint density at radius 3 is 2.90 bits per heavy atom. The molecule has 9 nitrogen and oxygen atoms in total. The van der Waals surface area contributed by atoms with Crippen LogP contribution >= 0.6 is 11.3 Å². The number of morpholine rings is 1. The lowest BCUT2D eigenvalue weighted by atomic mass is 9.83. The number of aliphatic hydroxyl groups excluding tert-OH is 1. The van der Waals surface area contributed by atoms with Gasteiger partial charge in [-0.25, -0.2) is 0 Å². The lowest BCUT2D eigenvalue weighted by molar-refractivity contribution is -0.0627. The van der Waals surface area contributed by atoms with Crippen LogP contribution in [0.3, 0.4) is 0 Å². The van der Waals surface area contributed by atoms with Crippen LogP contribution in [0.25, 0.3) is 0 Å². The van der Waals surface area contributed by atoms with Crippen molar-refractivity contribution in [1.82, 2.24) is 14.9 Å². The van der Waals surface area contributed by atoms with Crippen LogP contribution in [0.15, 0.2) is 22.9 Å². The molecule has 3 aliphatic heterocycles. The Morgan fingerprint density at radius 1 is 1.33 bits per heavy atom. The number of ether oxygens (including phenoxy) is 3. The fourth-order valence-electron chi connectivity index (χ4n) is 5.08. The number of aliphatic hydroxyl groups is 1. The monoisotopic (exact) mass is 432 g/mol. The summed E-state index contributed by atoms with van der Waals surface area (Å²) in [6.45, 7) is 2.28. The first-order valence-electron chi connectivity index (χ1n) is 9.89. The van der Waals surface area contributed by atoms with Crippen LogP contribution in [0.4, 0.5) is 5.82 Å². The molecule has 160 valence electrons. The molecule has 10 heteroatoms. The average Bonchev–Trinajstić information content (AvgIpc) is 3.46. The highest BCUT2D eigenvalue weighted by Crippen LogP contribution is 2.50. The van der Waals surface area contributed by atoms with Gasteiger partial charge < -0.3 is 29.1 Å². The molecule has 3 fully saturated rings. The van der Waals surface area contributed by atoms with Crippen molar-refractivity contribution in [3.05, 3.63) is 28.5 Å². The number of carbonyl (C=O) groups is 1. The number of methoxy groups -OCH3 is 2. The molecule has 5 rings (SSSR count). The summed E-state index contributed by atoms with van der Waals surface area (Å²) < 4.78 is 17.0. The summed E-state index contributed by atoms with van der Waals surface area (Å²) in [5.74, 6) is 1.17. The number of anilines is 1. The zero-order valence-corrected chi connectivity index (χ0v) is 17.7. The molecule has 0 aromatic carbocycles. The molecule has 4 atom stereocenters. The third kappa shape index (κ3) is 3.01. The smallest absolute Gasteiger partial charge is 0.321 e. The van der Waals surface area contributed by atoms with Gasteiger partial charge in [0.2, 0.25) is 5.88 Å². The minimum absolute atomic E-state index is 0.0133. The third-order valence-electron chi connectivity index (χ3n) is 6.44. The minimum Gasteiger partial charge on any atom is -0.481 e. The van der Waals surface area contributed by atoms with Crippen LogP contribution in [-0.2, 0) is 4.74 Å². The molecule has 0 unspecified atom stereocenters. The first-order chi connectivity index (χ1) is 14.6. The standard InChI is InChI=1S/C20H24N4O5S/c1-27-17-5-16(21-19(22-17)28-2)23-7-15-13(8-25)14-6-24(11-20(14,10-23)29-15)18(26)12-3-4-30-9-12/h3-5,9,13-15,25H,6-8,10-11H2,1-2H3/t13-,14+,15+,20+/m0/s1. The number of thiophene rings is 1. The highest BCUT2D eigenvalue weighted by atomic mass is 32.1. The Labute approximate surface area is 178 Å².